The van der Waals surface area contributed by atoms with Crippen LogP contribution in [0.4, 0.5) is 11.5 Å². The molecule has 130 valence electrons. The van der Waals surface area contributed by atoms with Gasteiger partial charge in [0.05, 0.1) is 16.3 Å². The van der Waals surface area contributed by atoms with Crippen LogP contribution in [0, 0.1) is 6.92 Å². The van der Waals surface area contributed by atoms with E-state index in [1.807, 2.05) is 29.5 Å². The number of rotatable bonds is 4. The van der Waals surface area contributed by atoms with E-state index in [1.165, 1.54) is 12.1 Å². The number of primary sulfonamides is 1. The largest absolute Gasteiger partial charge is 0.280 e. The highest BCUT2D eigenvalue weighted by Gasteiger charge is 2.16. The van der Waals surface area contributed by atoms with E-state index >= 15 is 0 Å². The van der Waals surface area contributed by atoms with Gasteiger partial charge in [-0.1, -0.05) is 19.9 Å². The number of benzene rings is 1. The molecule has 1 aromatic carbocycles. The predicted molar refractivity (Wildman–Crippen MR) is 96.0 cm³/mol. The number of hydrogen-bond acceptors (Lipinski definition) is 5. The van der Waals surface area contributed by atoms with Crippen LogP contribution in [0.5, 0.6) is 0 Å². The number of sulfonamides is 1. The summed E-state index contributed by atoms with van der Waals surface area (Å²) in [5.41, 5.74) is 3.22. The molecule has 2 heterocycles. The molecule has 2 aromatic heterocycles. The lowest BCUT2D eigenvalue weighted by molar-refractivity contribution is 0.598. The molecular formula is C17H19N5O2S. The first-order valence-electron chi connectivity index (χ1n) is 7.80. The Balaban J connectivity index is 2.05. The number of nitrogens with zero attached hydrogens (tertiary/aromatic N) is 4. The third-order valence-electron chi connectivity index (χ3n) is 3.81. The zero-order valence-corrected chi connectivity index (χ0v) is 15.0. The summed E-state index contributed by atoms with van der Waals surface area (Å²) in [6, 6.07) is 11.8. The summed E-state index contributed by atoms with van der Waals surface area (Å²) in [7, 11) is -3.72. The van der Waals surface area contributed by atoms with E-state index in [0.29, 0.717) is 11.5 Å². The number of aromatic nitrogens is 2. The Hall–Kier alpha value is -2.58. The molecule has 0 unspecified atom stereocenters. The maximum atomic E-state index is 11.3. The minimum Gasteiger partial charge on any atom is -0.280 e. The fourth-order valence-corrected chi connectivity index (χ4v) is 3.06. The highest BCUT2D eigenvalue weighted by molar-refractivity contribution is 7.89. The van der Waals surface area contributed by atoms with Crippen molar-refractivity contribution >= 4 is 27.2 Å². The topological polar surface area (TPSA) is 102 Å². The Kier molecular flexibility index (Phi) is 4.40. The van der Waals surface area contributed by atoms with Gasteiger partial charge in [0.15, 0.2) is 5.82 Å². The molecule has 0 bridgehead atoms. The Morgan fingerprint density at radius 2 is 1.76 bits per heavy atom. The molecule has 0 saturated heterocycles. The summed E-state index contributed by atoms with van der Waals surface area (Å²) in [5, 5.41) is 13.7. The lowest BCUT2D eigenvalue weighted by Crippen LogP contribution is -2.11. The molecule has 0 saturated carbocycles. The Morgan fingerprint density at radius 3 is 2.36 bits per heavy atom. The fourth-order valence-electron chi connectivity index (χ4n) is 2.54. The van der Waals surface area contributed by atoms with Gasteiger partial charge >= 0.3 is 0 Å². The SMILES string of the molecule is Cc1cccc2nc(C(C)C)c(N=Nc3ccc(S(N)(=O)=O)cc3)n12. The fraction of sp³-hybridized carbons (Fsp3) is 0.235. The van der Waals surface area contributed by atoms with Gasteiger partial charge in [-0.2, -0.15) is 0 Å². The van der Waals surface area contributed by atoms with Crippen molar-refractivity contribution in [3.05, 3.63) is 53.9 Å². The first kappa shape index (κ1) is 17.2. The molecule has 0 aliphatic rings. The van der Waals surface area contributed by atoms with Crippen LogP contribution >= 0.6 is 0 Å². The standard InChI is InChI=1S/C17H19N5O2S/c1-11(2)16-17(22-12(3)5-4-6-15(22)19-16)21-20-13-7-9-14(10-8-13)25(18,23)24/h4-11H,1-3H3,(H2,18,23,24). The second-order valence-corrected chi connectivity index (χ2v) is 7.64. The minimum absolute atomic E-state index is 0.0416. The number of nitrogens with two attached hydrogens (primary N) is 1. The molecule has 0 spiro atoms. The molecule has 3 rings (SSSR count). The van der Waals surface area contributed by atoms with E-state index in [9.17, 15) is 8.42 Å². The average molecular weight is 357 g/mol. The van der Waals surface area contributed by atoms with Gasteiger partial charge in [0.1, 0.15) is 5.65 Å². The minimum atomic E-state index is -3.72. The van der Waals surface area contributed by atoms with Crippen molar-refractivity contribution in [2.45, 2.75) is 31.6 Å². The number of fused-ring (bicyclic) bond motifs is 1. The first-order valence-corrected chi connectivity index (χ1v) is 9.34. The highest BCUT2D eigenvalue weighted by atomic mass is 32.2. The summed E-state index contributed by atoms with van der Waals surface area (Å²) < 4.78 is 24.6. The van der Waals surface area contributed by atoms with Crippen LogP contribution in [0.1, 0.15) is 31.2 Å². The van der Waals surface area contributed by atoms with Crippen molar-refractivity contribution in [3.8, 4) is 0 Å². The third kappa shape index (κ3) is 3.45. The predicted octanol–water partition coefficient (Wildman–Crippen LogP) is 3.83. The Morgan fingerprint density at radius 1 is 1.08 bits per heavy atom. The summed E-state index contributed by atoms with van der Waals surface area (Å²) >= 11 is 0. The van der Waals surface area contributed by atoms with Crippen molar-refractivity contribution in [2.24, 2.45) is 15.4 Å². The molecule has 0 atom stereocenters. The van der Waals surface area contributed by atoms with E-state index < -0.39 is 10.0 Å². The molecule has 3 aromatic rings. The van der Waals surface area contributed by atoms with E-state index in [0.717, 1.165) is 17.0 Å². The second kappa shape index (κ2) is 6.38. The zero-order chi connectivity index (χ0) is 18.2. The van der Waals surface area contributed by atoms with Crippen molar-refractivity contribution < 1.29 is 8.42 Å². The number of hydrogen-bond donors (Lipinski definition) is 1. The maximum absolute atomic E-state index is 11.3. The van der Waals surface area contributed by atoms with Gasteiger partial charge in [-0.25, -0.2) is 18.5 Å². The molecule has 2 N–H and O–H groups in total. The van der Waals surface area contributed by atoms with Gasteiger partial charge in [0, 0.05) is 5.69 Å². The normalized spacial score (nSPS) is 12.5. The summed E-state index contributed by atoms with van der Waals surface area (Å²) in [4.78, 5) is 4.69. The molecule has 0 radical (unpaired) electrons. The van der Waals surface area contributed by atoms with Gasteiger partial charge in [-0.3, -0.25) is 4.40 Å². The van der Waals surface area contributed by atoms with Crippen LogP contribution in [-0.4, -0.2) is 17.8 Å². The maximum Gasteiger partial charge on any atom is 0.238 e. The molecule has 0 amide bonds. The Labute approximate surface area is 146 Å². The van der Waals surface area contributed by atoms with Crippen molar-refractivity contribution in [2.75, 3.05) is 0 Å². The quantitative estimate of drug-likeness (QED) is 0.718. The van der Waals surface area contributed by atoms with Crippen LogP contribution in [-0.2, 0) is 10.0 Å². The van der Waals surface area contributed by atoms with Gasteiger partial charge in [-0.05, 0) is 49.2 Å². The molecule has 0 fully saturated rings. The number of aryl methyl sites for hydroxylation is 1. The van der Waals surface area contributed by atoms with E-state index in [2.05, 4.69) is 29.1 Å². The van der Waals surface area contributed by atoms with E-state index in [1.54, 1.807) is 12.1 Å². The van der Waals surface area contributed by atoms with Gasteiger partial charge < -0.3 is 0 Å². The summed E-state index contributed by atoms with van der Waals surface area (Å²) in [6.07, 6.45) is 0. The molecule has 0 aliphatic carbocycles. The van der Waals surface area contributed by atoms with Crippen molar-refractivity contribution in [1.82, 2.24) is 9.38 Å². The Bertz CT molecular complexity index is 1050. The number of azo groups is 1. The molecular weight excluding hydrogens is 338 g/mol. The third-order valence-corrected chi connectivity index (χ3v) is 4.74. The van der Waals surface area contributed by atoms with Crippen molar-refractivity contribution in [3.63, 3.8) is 0 Å². The number of pyridine rings is 1. The van der Waals surface area contributed by atoms with Gasteiger partial charge in [0.2, 0.25) is 10.0 Å². The van der Waals surface area contributed by atoms with E-state index in [4.69, 9.17) is 5.14 Å². The van der Waals surface area contributed by atoms with Crippen LogP contribution in [0.2, 0.25) is 0 Å². The van der Waals surface area contributed by atoms with Crippen LogP contribution < -0.4 is 5.14 Å². The lowest BCUT2D eigenvalue weighted by atomic mass is 10.1. The van der Waals surface area contributed by atoms with Gasteiger partial charge in [0.25, 0.3) is 0 Å². The number of imidazole rings is 1. The van der Waals surface area contributed by atoms with Crippen LogP contribution in [0.15, 0.2) is 57.6 Å². The van der Waals surface area contributed by atoms with Crippen molar-refractivity contribution in [1.29, 1.82) is 0 Å². The van der Waals surface area contributed by atoms with E-state index in [-0.39, 0.29) is 10.8 Å². The molecule has 25 heavy (non-hydrogen) atoms. The average Bonchev–Trinajstić information content (AvgIpc) is 2.93. The first-order chi connectivity index (χ1) is 11.8. The molecule has 8 heteroatoms. The lowest BCUT2D eigenvalue weighted by Gasteiger charge is -2.04. The summed E-state index contributed by atoms with van der Waals surface area (Å²) in [6.45, 7) is 6.09. The van der Waals surface area contributed by atoms with Crippen LogP contribution in [0.3, 0.4) is 0 Å². The monoisotopic (exact) mass is 357 g/mol. The van der Waals surface area contributed by atoms with Crippen LogP contribution in [0.25, 0.3) is 5.65 Å². The summed E-state index contributed by atoms with van der Waals surface area (Å²) in [5.74, 6) is 0.872. The smallest absolute Gasteiger partial charge is 0.238 e. The molecule has 0 aliphatic heterocycles. The second-order valence-electron chi connectivity index (χ2n) is 6.08. The van der Waals surface area contributed by atoms with Gasteiger partial charge in [-0.15, -0.1) is 10.2 Å². The zero-order valence-electron chi connectivity index (χ0n) is 14.2. The molecule has 7 nitrogen and oxygen atoms in total. The highest BCUT2D eigenvalue weighted by Crippen LogP contribution is 2.30.